The summed E-state index contributed by atoms with van der Waals surface area (Å²) < 4.78 is 5.71. The highest BCUT2D eigenvalue weighted by Gasteiger charge is 2.25. The van der Waals surface area contributed by atoms with Gasteiger partial charge >= 0.3 is 0 Å². The third kappa shape index (κ3) is 3.47. The van der Waals surface area contributed by atoms with Crippen LogP contribution in [0.1, 0.15) is 40.9 Å². The Balaban J connectivity index is 2.12. The largest absolute Gasteiger partial charge is 0.373 e. The molecule has 0 saturated carbocycles. The van der Waals surface area contributed by atoms with E-state index in [1.807, 2.05) is 13.8 Å². The summed E-state index contributed by atoms with van der Waals surface area (Å²) in [6.07, 6.45) is 0.401. The van der Waals surface area contributed by atoms with E-state index in [-0.39, 0.29) is 18.0 Å². The molecule has 3 heteroatoms. The van der Waals surface area contributed by atoms with Crippen molar-refractivity contribution in [1.29, 1.82) is 0 Å². The van der Waals surface area contributed by atoms with Crippen LogP contribution in [0.2, 0.25) is 0 Å². The molecule has 3 nitrogen and oxygen atoms in total. The summed E-state index contributed by atoms with van der Waals surface area (Å²) in [6, 6.07) is 4.18. The molecule has 0 N–H and O–H groups in total. The first-order chi connectivity index (χ1) is 9.36. The Bertz CT molecular complexity index is 477. The molecule has 20 heavy (non-hydrogen) atoms. The fraction of sp³-hybridized carbons (Fsp3) is 0.588. The lowest BCUT2D eigenvalue weighted by Gasteiger charge is -2.35. The molecule has 1 aromatic carbocycles. The van der Waals surface area contributed by atoms with Crippen LogP contribution in [0.5, 0.6) is 0 Å². The second kappa shape index (κ2) is 6.06. The minimum absolute atomic E-state index is 0.201. The van der Waals surface area contributed by atoms with Crippen LogP contribution in [0.15, 0.2) is 12.1 Å². The van der Waals surface area contributed by atoms with Gasteiger partial charge in [-0.2, -0.15) is 0 Å². The maximum Gasteiger partial charge on any atom is 0.177 e. The van der Waals surface area contributed by atoms with Crippen LogP contribution < -0.4 is 0 Å². The van der Waals surface area contributed by atoms with Gasteiger partial charge in [-0.25, -0.2) is 0 Å². The van der Waals surface area contributed by atoms with Crippen molar-refractivity contribution in [2.75, 3.05) is 19.6 Å². The smallest absolute Gasteiger partial charge is 0.177 e. The molecule has 2 rings (SSSR count). The normalized spacial score (nSPS) is 23.9. The fourth-order valence-corrected chi connectivity index (χ4v) is 3.32. The number of aryl methyl sites for hydroxylation is 3. The van der Waals surface area contributed by atoms with Crippen molar-refractivity contribution in [3.8, 4) is 0 Å². The Morgan fingerprint density at radius 3 is 2.15 bits per heavy atom. The first-order valence-corrected chi connectivity index (χ1v) is 7.35. The number of ether oxygens (including phenoxy) is 1. The van der Waals surface area contributed by atoms with Crippen molar-refractivity contribution in [2.24, 2.45) is 0 Å². The van der Waals surface area contributed by atoms with E-state index in [1.165, 1.54) is 5.56 Å². The van der Waals surface area contributed by atoms with Crippen molar-refractivity contribution < 1.29 is 9.53 Å². The van der Waals surface area contributed by atoms with E-state index >= 15 is 0 Å². The summed E-state index contributed by atoms with van der Waals surface area (Å²) in [4.78, 5) is 14.8. The number of morpholine rings is 1. The van der Waals surface area contributed by atoms with Crippen LogP contribution in [-0.4, -0.2) is 42.5 Å². The molecule has 1 heterocycles. The zero-order valence-electron chi connectivity index (χ0n) is 13.2. The number of carbonyl (C=O) groups excluding carboxylic acids is 1. The monoisotopic (exact) mass is 275 g/mol. The van der Waals surface area contributed by atoms with E-state index in [1.54, 1.807) is 0 Å². The second-order valence-corrected chi connectivity index (χ2v) is 6.15. The number of Topliss-reactive ketones (excluding diaryl/α,β-unsaturated/α-hetero) is 1. The molecular formula is C17H25NO2. The van der Waals surface area contributed by atoms with Gasteiger partial charge in [0, 0.05) is 18.7 Å². The van der Waals surface area contributed by atoms with Crippen LogP contribution in [0.4, 0.5) is 0 Å². The van der Waals surface area contributed by atoms with Crippen molar-refractivity contribution in [3.05, 3.63) is 34.4 Å². The molecule has 1 aliphatic heterocycles. The maximum atomic E-state index is 12.6. The molecule has 0 radical (unpaired) electrons. The number of rotatable bonds is 3. The van der Waals surface area contributed by atoms with Gasteiger partial charge in [-0.1, -0.05) is 17.7 Å². The van der Waals surface area contributed by atoms with Crippen LogP contribution in [-0.2, 0) is 4.74 Å². The molecule has 1 fully saturated rings. The summed E-state index contributed by atoms with van der Waals surface area (Å²) in [5.41, 5.74) is 4.27. The highest BCUT2D eigenvalue weighted by molar-refractivity contribution is 6.00. The van der Waals surface area contributed by atoms with E-state index in [4.69, 9.17) is 4.74 Å². The molecule has 0 aliphatic carbocycles. The molecule has 110 valence electrons. The average Bonchev–Trinajstić information content (AvgIpc) is 2.25. The Labute approximate surface area is 121 Å². The molecule has 0 spiro atoms. The fourth-order valence-electron chi connectivity index (χ4n) is 3.32. The van der Waals surface area contributed by atoms with Crippen LogP contribution in [0, 0.1) is 20.8 Å². The van der Waals surface area contributed by atoms with Gasteiger partial charge in [-0.3, -0.25) is 9.69 Å². The molecule has 1 aliphatic rings. The van der Waals surface area contributed by atoms with Crippen molar-refractivity contribution in [3.63, 3.8) is 0 Å². The summed E-state index contributed by atoms with van der Waals surface area (Å²) >= 11 is 0. The number of hydrogen-bond donors (Lipinski definition) is 0. The Kier molecular flexibility index (Phi) is 4.61. The Morgan fingerprint density at radius 1 is 1.15 bits per heavy atom. The highest BCUT2D eigenvalue weighted by atomic mass is 16.5. The van der Waals surface area contributed by atoms with E-state index < -0.39 is 0 Å². The zero-order chi connectivity index (χ0) is 14.9. The molecule has 0 aromatic heterocycles. The van der Waals surface area contributed by atoms with Crippen molar-refractivity contribution >= 4 is 5.78 Å². The first-order valence-electron chi connectivity index (χ1n) is 7.35. The maximum absolute atomic E-state index is 12.6. The van der Waals surface area contributed by atoms with Gasteiger partial charge in [0.15, 0.2) is 5.78 Å². The minimum Gasteiger partial charge on any atom is -0.373 e. The van der Waals surface area contributed by atoms with Crippen LogP contribution in [0.3, 0.4) is 0 Å². The molecule has 2 atom stereocenters. The number of carbonyl (C=O) groups is 1. The number of hydrogen-bond acceptors (Lipinski definition) is 3. The highest BCUT2D eigenvalue weighted by Crippen LogP contribution is 2.18. The average molecular weight is 275 g/mol. The van der Waals surface area contributed by atoms with Gasteiger partial charge in [0.25, 0.3) is 0 Å². The lowest BCUT2D eigenvalue weighted by molar-refractivity contribution is -0.0652. The SMILES string of the molecule is Cc1cc(C)c(C(=O)CN2C[C@@H](C)O[C@@H](C)C2)c(C)c1. The zero-order valence-corrected chi connectivity index (χ0v) is 13.2. The van der Waals surface area contributed by atoms with Crippen molar-refractivity contribution in [2.45, 2.75) is 46.8 Å². The molecular weight excluding hydrogens is 250 g/mol. The van der Waals surface area contributed by atoms with Crippen LogP contribution in [0.25, 0.3) is 0 Å². The summed E-state index contributed by atoms with van der Waals surface area (Å²) in [7, 11) is 0. The standard InChI is InChI=1S/C17H25NO2/c1-11-6-12(2)17(13(3)7-11)16(19)10-18-8-14(4)20-15(5)9-18/h6-7,14-15H,8-10H2,1-5H3/t14-,15+. The van der Waals surface area contributed by atoms with Gasteiger partial charge in [0.2, 0.25) is 0 Å². The van der Waals surface area contributed by atoms with E-state index in [2.05, 4.69) is 37.8 Å². The molecule has 0 unspecified atom stereocenters. The predicted octanol–water partition coefficient (Wildman–Crippen LogP) is 2.90. The lowest BCUT2D eigenvalue weighted by atomic mass is 9.96. The predicted molar refractivity (Wildman–Crippen MR) is 81.4 cm³/mol. The molecule has 1 aromatic rings. The molecule has 1 saturated heterocycles. The van der Waals surface area contributed by atoms with Crippen LogP contribution >= 0.6 is 0 Å². The third-order valence-electron chi connectivity index (χ3n) is 3.82. The summed E-state index contributed by atoms with van der Waals surface area (Å²) in [6.45, 7) is 12.4. The summed E-state index contributed by atoms with van der Waals surface area (Å²) in [5, 5.41) is 0. The van der Waals surface area contributed by atoms with Gasteiger partial charge in [-0.05, 0) is 45.7 Å². The van der Waals surface area contributed by atoms with Crippen molar-refractivity contribution in [1.82, 2.24) is 4.90 Å². The number of nitrogens with zero attached hydrogens (tertiary/aromatic N) is 1. The Hall–Kier alpha value is -1.19. The van der Waals surface area contributed by atoms with Gasteiger partial charge in [0.1, 0.15) is 0 Å². The quantitative estimate of drug-likeness (QED) is 0.794. The number of ketones is 1. The third-order valence-corrected chi connectivity index (χ3v) is 3.82. The van der Waals surface area contributed by atoms with E-state index in [0.717, 1.165) is 29.8 Å². The second-order valence-electron chi connectivity index (χ2n) is 6.15. The van der Waals surface area contributed by atoms with E-state index in [9.17, 15) is 4.79 Å². The van der Waals surface area contributed by atoms with Gasteiger partial charge < -0.3 is 4.74 Å². The number of benzene rings is 1. The lowest BCUT2D eigenvalue weighted by Crippen LogP contribution is -2.47. The van der Waals surface area contributed by atoms with Gasteiger partial charge in [0.05, 0.1) is 18.8 Å². The first kappa shape index (κ1) is 15.2. The Morgan fingerprint density at radius 2 is 1.65 bits per heavy atom. The van der Waals surface area contributed by atoms with E-state index in [0.29, 0.717) is 6.54 Å². The minimum atomic E-state index is 0.201. The molecule has 0 amide bonds. The topological polar surface area (TPSA) is 29.5 Å². The summed E-state index contributed by atoms with van der Waals surface area (Å²) in [5.74, 6) is 0.223. The van der Waals surface area contributed by atoms with Gasteiger partial charge in [-0.15, -0.1) is 0 Å². The molecule has 0 bridgehead atoms.